The van der Waals surface area contributed by atoms with Gasteiger partial charge in [0.2, 0.25) is 4.96 Å². The van der Waals surface area contributed by atoms with Crippen molar-refractivity contribution in [2.75, 3.05) is 13.3 Å². The second-order valence-corrected chi connectivity index (χ2v) is 8.03. The van der Waals surface area contributed by atoms with Gasteiger partial charge in [0.15, 0.2) is 4.34 Å². The van der Waals surface area contributed by atoms with E-state index < -0.39 is 0 Å². The third-order valence-electron chi connectivity index (χ3n) is 3.87. The van der Waals surface area contributed by atoms with E-state index in [1.165, 1.54) is 40.5 Å². The molecular formula is C15H17N5O2S2. The van der Waals surface area contributed by atoms with E-state index in [-0.39, 0.29) is 5.56 Å². The van der Waals surface area contributed by atoms with Crippen LogP contribution in [0.3, 0.4) is 0 Å². The van der Waals surface area contributed by atoms with Crippen LogP contribution in [0.15, 0.2) is 25.8 Å². The van der Waals surface area contributed by atoms with Crippen LogP contribution in [0.2, 0.25) is 0 Å². The van der Waals surface area contributed by atoms with E-state index in [1.807, 2.05) is 19.4 Å². The van der Waals surface area contributed by atoms with Crippen molar-refractivity contribution in [3.63, 3.8) is 0 Å². The van der Waals surface area contributed by atoms with Gasteiger partial charge in [0.25, 0.3) is 5.56 Å². The summed E-state index contributed by atoms with van der Waals surface area (Å²) in [5, 5.41) is 8.36. The van der Waals surface area contributed by atoms with Crippen LogP contribution >= 0.6 is 23.1 Å². The fourth-order valence-corrected chi connectivity index (χ4v) is 3.95. The third kappa shape index (κ3) is 3.24. The van der Waals surface area contributed by atoms with Crippen molar-refractivity contribution in [1.29, 1.82) is 0 Å². The van der Waals surface area contributed by atoms with Crippen molar-refractivity contribution in [3.05, 3.63) is 39.6 Å². The van der Waals surface area contributed by atoms with Crippen LogP contribution in [0, 0.1) is 0 Å². The van der Waals surface area contributed by atoms with E-state index in [2.05, 4.69) is 20.1 Å². The molecule has 4 rings (SSSR count). The lowest BCUT2D eigenvalue weighted by atomic mass is 10.2. The van der Waals surface area contributed by atoms with Gasteiger partial charge in [-0.05, 0) is 26.1 Å². The molecule has 3 aromatic heterocycles. The Bertz CT molecular complexity index is 927. The molecule has 9 heteroatoms. The fourth-order valence-electron chi connectivity index (χ4n) is 2.57. The van der Waals surface area contributed by atoms with Crippen LogP contribution in [0.25, 0.3) is 4.96 Å². The molecule has 126 valence electrons. The van der Waals surface area contributed by atoms with Crippen LogP contribution in [0.1, 0.15) is 35.9 Å². The molecule has 0 unspecified atom stereocenters. The molecule has 0 saturated heterocycles. The Hall–Kier alpha value is -1.71. The largest absolute Gasteiger partial charge is 0.361 e. The minimum absolute atomic E-state index is 0.141. The number of hydrogen-bond donors (Lipinski definition) is 0. The number of fused-ring (bicyclic) bond motifs is 1. The predicted octanol–water partition coefficient (Wildman–Crippen LogP) is 2.37. The molecule has 3 heterocycles. The highest BCUT2D eigenvalue weighted by molar-refractivity contribution is 8.00. The van der Waals surface area contributed by atoms with Crippen LogP contribution in [0.4, 0.5) is 0 Å². The Kier molecular flexibility index (Phi) is 4.15. The fraction of sp³-hybridized carbons (Fsp3) is 0.467. The molecule has 3 aromatic rings. The summed E-state index contributed by atoms with van der Waals surface area (Å²) in [5.74, 6) is 1.56. The lowest BCUT2D eigenvalue weighted by Crippen LogP contribution is -2.21. The molecule has 1 saturated carbocycles. The molecule has 1 fully saturated rings. The smallest absolute Gasteiger partial charge is 0.275 e. The molecule has 1 aliphatic rings. The highest BCUT2D eigenvalue weighted by Crippen LogP contribution is 2.40. The van der Waals surface area contributed by atoms with Gasteiger partial charge < -0.3 is 4.52 Å². The summed E-state index contributed by atoms with van der Waals surface area (Å²) < 4.78 is 7.57. The maximum absolute atomic E-state index is 12.2. The molecule has 24 heavy (non-hydrogen) atoms. The maximum atomic E-state index is 12.2. The van der Waals surface area contributed by atoms with Gasteiger partial charge in [-0.3, -0.25) is 9.69 Å². The van der Waals surface area contributed by atoms with Crippen LogP contribution < -0.4 is 5.56 Å². The number of aromatic nitrogens is 4. The van der Waals surface area contributed by atoms with E-state index in [0.717, 1.165) is 21.5 Å². The van der Waals surface area contributed by atoms with Crippen molar-refractivity contribution < 1.29 is 4.52 Å². The molecule has 1 aliphatic carbocycles. The Morgan fingerprint density at radius 3 is 2.92 bits per heavy atom. The van der Waals surface area contributed by atoms with Crippen LogP contribution in [-0.2, 0) is 13.1 Å². The Balaban J connectivity index is 1.48. The molecule has 7 nitrogen and oxygen atoms in total. The first-order chi connectivity index (χ1) is 11.6. The summed E-state index contributed by atoms with van der Waals surface area (Å²) >= 11 is 2.94. The van der Waals surface area contributed by atoms with Crippen LogP contribution in [-0.4, -0.2) is 38.0 Å². The summed E-state index contributed by atoms with van der Waals surface area (Å²) in [6.45, 7) is 1.24. The zero-order valence-electron chi connectivity index (χ0n) is 13.4. The zero-order chi connectivity index (χ0) is 16.7. The highest BCUT2D eigenvalue weighted by atomic mass is 32.2. The van der Waals surface area contributed by atoms with Gasteiger partial charge in [-0.1, -0.05) is 28.3 Å². The predicted molar refractivity (Wildman–Crippen MR) is 92.6 cm³/mol. The average molecular weight is 363 g/mol. The molecule has 0 atom stereocenters. The van der Waals surface area contributed by atoms with Crippen molar-refractivity contribution in [1.82, 2.24) is 24.7 Å². The molecule has 0 spiro atoms. The van der Waals surface area contributed by atoms with Gasteiger partial charge in [0.1, 0.15) is 5.76 Å². The molecule has 0 radical (unpaired) electrons. The summed E-state index contributed by atoms with van der Waals surface area (Å²) in [7, 11) is 1.98. The van der Waals surface area contributed by atoms with Gasteiger partial charge in [-0.15, -0.1) is 5.10 Å². The van der Waals surface area contributed by atoms with E-state index >= 15 is 0 Å². The third-order valence-corrected chi connectivity index (χ3v) is 5.76. The standard InChI is InChI=1S/C15H17N5O2S2/c1-19(8-11-5-12(22-18-11)9-3-4-9)7-10-6-13(21)20-14(16-10)24-15(17-20)23-2/h5-6,9H,3-4,7-8H2,1-2H3. The maximum Gasteiger partial charge on any atom is 0.275 e. The first-order valence-corrected chi connectivity index (χ1v) is 9.74. The van der Waals surface area contributed by atoms with Gasteiger partial charge in [0.05, 0.1) is 11.4 Å². The van der Waals surface area contributed by atoms with E-state index in [4.69, 9.17) is 4.52 Å². The quantitative estimate of drug-likeness (QED) is 0.622. The normalized spacial score (nSPS) is 14.8. The SMILES string of the molecule is CSc1nn2c(=O)cc(CN(C)Cc3cc(C4CC4)on3)nc2s1. The molecule has 0 amide bonds. The highest BCUT2D eigenvalue weighted by Gasteiger charge is 2.27. The summed E-state index contributed by atoms with van der Waals surface area (Å²) in [4.78, 5) is 19.4. The van der Waals surface area contributed by atoms with E-state index in [1.54, 1.807) is 6.07 Å². The van der Waals surface area contributed by atoms with E-state index in [0.29, 0.717) is 24.0 Å². The Morgan fingerprint density at radius 1 is 1.38 bits per heavy atom. The first kappa shape index (κ1) is 15.8. The second kappa shape index (κ2) is 6.30. The van der Waals surface area contributed by atoms with Gasteiger partial charge in [-0.2, -0.15) is 4.52 Å². The first-order valence-electron chi connectivity index (χ1n) is 7.70. The van der Waals surface area contributed by atoms with Crippen molar-refractivity contribution in [3.8, 4) is 0 Å². The second-order valence-electron chi connectivity index (χ2n) is 6.02. The Labute approximate surface area is 146 Å². The van der Waals surface area contributed by atoms with Gasteiger partial charge in [0, 0.05) is 31.1 Å². The Morgan fingerprint density at radius 2 is 2.17 bits per heavy atom. The molecular weight excluding hydrogens is 346 g/mol. The molecule has 0 N–H and O–H groups in total. The topological polar surface area (TPSA) is 76.5 Å². The van der Waals surface area contributed by atoms with Crippen molar-refractivity contribution in [2.45, 2.75) is 36.2 Å². The molecule has 0 bridgehead atoms. The number of hydrogen-bond acceptors (Lipinski definition) is 8. The minimum atomic E-state index is -0.141. The molecule has 0 aliphatic heterocycles. The van der Waals surface area contributed by atoms with Crippen molar-refractivity contribution >= 4 is 28.1 Å². The lowest BCUT2D eigenvalue weighted by molar-refractivity contribution is 0.298. The minimum Gasteiger partial charge on any atom is -0.361 e. The average Bonchev–Trinajstić information content (AvgIpc) is 3.14. The lowest BCUT2D eigenvalue weighted by Gasteiger charge is -2.13. The van der Waals surface area contributed by atoms with Crippen LogP contribution in [0.5, 0.6) is 0 Å². The van der Waals surface area contributed by atoms with Crippen molar-refractivity contribution in [2.24, 2.45) is 0 Å². The van der Waals surface area contributed by atoms with Gasteiger partial charge >= 0.3 is 0 Å². The van der Waals surface area contributed by atoms with Gasteiger partial charge in [-0.25, -0.2) is 4.98 Å². The number of nitrogens with zero attached hydrogens (tertiary/aromatic N) is 5. The monoisotopic (exact) mass is 363 g/mol. The summed E-state index contributed by atoms with van der Waals surface area (Å²) in [6, 6.07) is 3.58. The summed E-state index contributed by atoms with van der Waals surface area (Å²) in [5.41, 5.74) is 1.52. The molecule has 0 aromatic carbocycles. The zero-order valence-corrected chi connectivity index (χ0v) is 15.1. The number of thioether (sulfide) groups is 1. The summed E-state index contributed by atoms with van der Waals surface area (Å²) in [6.07, 6.45) is 4.34. The number of rotatable bonds is 6. The van der Waals surface area contributed by atoms with E-state index in [9.17, 15) is 4.79 Å².